The van der Waals surface area contributed by atoms with Gasteiger partial charge in [-0.05, 0) is 41.8 Å². The van der Waals surface area contributed by atoms with Crippen LogP contribution in [-0.4, -0.2) is 11.0 Å². The van der Waals surface area contributed by atoms with E-state index in [-0.39, 0.29) is 16.7 Å². The van der Waals surface area contributed by atoms with Crippen LogP contribution in [0.1, 0.15) is 15.9 Å². The topological polar surface area (TPSA) is 59.2 Å². The zero-order chi connectivity index (χ0) is 17.3. The van der Waals surface area contributed by atoms with Crippen LogP contribution in [0.3, 0.4) is 0 Å². The second kappa shape index (κ2) is 5.84. The van der Waals surface area contributed by atoms with Crippen molar-refractivity contribution in [2.75, 3.05) is 0 Å². The Hall–Kier alpha value is -3.09. The van der Waals surface area contributed by atoms with Gasteiger partial charge < -0.3 is 9.72 Å². The molecule has 1 N–H and O–H groups in total. The lowest BCUT2D eigenvalue weighted by atomic mass is 10.1. The number of aromatic amines is 1. The van der Waals surface area contributed by atoms with Crippen molar-refractivity contribution in [1.82, 2.24) is 4.98 Å². The Morgan fingerprint density at radius 2 is 1.71 bits per heavy atom. The smallest absolute Gasteiger partial charge is 0.416 e. The highest BCUT2D eigenvalue weighted by Crippen LogP contribution is 2.29. The van der Waals surface area contributed by atoms with Gasteiger partial charge in [0.05, 0.1) is 16.5 Å². The maximum atomic E-state index is 12.5. The number of nitrogens with one attached hydrogen (secondary N) is 1. The maximum absolute atomic E-state index is 12.5. The number of pyridine rings is 1. The molecular formula is C17H10F3NO3. The number of carbonyl (C=O) groups excluding carboxylic acids is 1. The first-order chi connectivity index (χ1) is 11.4. The molecule has 1 aromatic heterocycles. The van der Waals surface area contributed by atoms with Gasteiger partial charge in [-0.1, -0.05) is 12.1 Å². The zero-order valence-electron chi connectivity index (χ0n) is 12.1. The predicted molar refractivity (Wildman–Crippen MR) is 81.0 cm³/mol. The summed E-state index contributed by atoms with van der Waals surface area (Å²) >= 11 is 0. The molecule has 3 aromatic rings. The van der Waals surface area contributed by atoms with E-state index in [2.05, 4.69) is 4.98 Å². The van der Waals surface area contributed by atoms with Crippen molar-refractivity contribution >= 4 is 16.7 Å². The van der Waals surface area contributed by atoms with E-state index >= 15 is 0 Å². The van der Waals surface area contributed by atoms with E-state index in [9.17, 15) is 22.8 Å². The van der Waals surface area contributed by atoms with Crippen molar-refractivity contribution < 1.29 is 22.7 Å². The van der Waals surface area contributed by atoms with Crippen LogP contribution in [0.15, 0.2) is 59.5 Å². The summed E-state index contributed by atoms with van der Waals surface area (Å²) in [7, 11) is 0. The molecule has 0 aliphatic rings. The molecule has 0 unspecified atom stereocenters. The largest absolute Gasteiger partial charge is 0.422 e. The number of esters is 1. The third-order valence-electron chi connectivity index (χ3n) is 3.41. The number of hydrogen-bond donors (Lipinski definition) is 1. The van der Waals surface area contributed by atoms with Gasteiger partial charge in [0.25, 0.3) is 5.56 Å². The number of ether oxygens (including phenoxy) is 1. The molecule has 7 heteroatoms. The number of benzene rings is 2. The third-order valence-corrected chi connectivity index (χ3v) is 3.41. The minimum atomic E-state index is -4.48. The van der Waals surface area contributed by atoms with E-state index in [0.717, 1.165) is 24.3 Å². The van der Waals surface area contributed by atoms with E-state index < -0.39 is 23.3 Å². The summed E-state index contributed by atoms with van der Waals surface area (Å²) in [5.41, 5.74) is -1.34. The van der Waals surface area contributed by atoms with Gasteiger partial charge in [-0.3, -0.25) is 4.79 Å². The number of hydrogen-bond acceptors (Lipinski definition) is 3. The molecule has 0 spiro atoms. The summed E-state index contributed by atoms with van der Waals surface area (Å²) in [6.45, 7) is 0. The Balaban J connectivity index is 1.92. The molecule has 0 fully saturated rings. The van der Waals surface area contributed by atoms with Crippen LogP contribution in [0.5, 0.6) is 5.75 Å². The molecule has 1 heterocycles. The number of halogens is 3. The average molecular weight is 333 g/mol. The fourth-order valence-electron chi connectivity index (χ4n) is 2.25. The molecule has 3 rings (SSSR count). The summed E-state index contributed by atoms with van der Waals surface area (Å²) in [5, 5.41) is 0.775. The lowest BCUT2D eigenvalue weighted by Crippen LogP contribution is -2.13. The molecule has 24 heavy (non-hydrogen) atoms. The molecule has 122 valence electrons. The maximum Gasteiger partial charge on any atom is 0.416 e. The molecule has 0 amide bonds. The summed E-state index contributed by atoms with van der Waals surface area (Å²) in [6, 6.07) is 10.0. The highest BCUT2D eigenvalue weighted by Gasteiger charge is 2.30. The van der Waals surface area contributed by atoms with Gasteiger partial charge in [-0.25, -0.2) is 4.79 Å². The molecule has 2 aromatic carbocycles. The normalized spacial score (nSPS) is 11.5. The van der Waals surface area contributed by atoms with Crippen molar-refractivity contribution in [1.29, 1.82) is 0 Å². The summed E-state index contributed by atoms with van der Waals surface area (Å²) in [4.78, 5) is 26.5. The number of fused-ring (bicyclic) bond motifs is 1. The minimum absolute atomic E-state index is 0.0410. The van der Waals surface area contributed by atoms with E-state index in [1.165, 1.54) is 12.3 Å². The van der Waals surface area contributed by atoms with Gasteiger partial charge in [0, 0.05) is 6.20 Å². The van der Waals surface area contributed by atoms with Crippen molar-refractivity contribution in [3.05, 3.63) is 76.2 Å². The van der Waals surface area contributed by atoms with Crippen molar-refractivity contribution in [2.24, 2.45) is 0 Å². The van der Waals surface area contributed by atoms with Gasteiger partial charge in [-0.2, -0.15) is 13.2 Å². The number of rotatable bonds is 2. The third kappa shape index (κ3) is 3.01. The SMILES string of the molecule is O=C(Oc1cccc2cc[nH]c(=O)c12)c1ccc(C(F)(F)F)cc1. The second-order valence-corrected chi connectivity index (χ2v) is 4.99. The molecular weight excluding hydrogens is 323 g/mol. The van der Waals surface area contributed by atoms with Crippen LogP contribution in [0, 0.1) is 0 Å². The molecule has 4 nitrogen and oxygen atoms in total. The first-order valence-corrected chi connectivity index (χ1v) is 6.86. The standard InChI is InChI=1S/C17H10F3NO3/c18-17(19,20)12-6-4-11(5-7-12)16(23)24-13-3-1-2-10-8-9-21-15(22)14(10)13/h1-9H,(H,21,22). The van der Waals surface area contributed by atoms with Crippen molar-refractivity contribution in [3.63, 3.8) is 0 Å². The van der Waals surface area contributed by atoms with Gasteiger partial charge in [0.2, 0.25) is 0 Å². The Morgan fingerprint density at radius 1 is 1.00 bits per heavy atom. The average Bonchev–Trinajstić information content (AvgIpc) is 2.54. The van der Waals surface area contributed by atoms with Gasteiger partial charge in [-0.15, -0.1) is 0 Å². The second-order valence-electron chi connectivity index (χ2n) is 4.99. The first kappa shape index (κ1) is 15.8. The number of aromatic nitrogens is 1. The van der Waals surface area contributed by atoms with E-state index in [4.69, 9.17) is 4.74 Å². The van der Waals surface area contributed by atoms with Crippen LogP contribution < -0.4 is 10.3 Å². The van der Waals surface area contributed by atoms with Crippen LogP contribution >= 0.6 is 0 Å². The minimum Gasteiger partial charge on any atom is -0.422 e. The Kier molecular flexibility index (Phi) is 3.84. The molecule has 0 aliphatic carbocycles. The summed E-state index contributed by atoms with van der Waals surface area (Å²) in [6.07, 6.45) is -3.02. The number of alkyl halides is 3. The van der Waals surface area contributed by atoms with Crippen LogP contribution in [0.25, 0.3) is 10.8 Å². The lowest BCUT2D eigenvalue weighted by molar-refractivity contribution is -0.137. The highest BCUT2D eigenvalue weighted by atomic mass is 19.4. The Labute approximate surface area is 133 Å². The number of carbonyl (C=O) groups is 1. The van der Waals surface area contributed by atoms with Crippen LogP contribution in [0.2, 0.25) is 0 Å². The number of H-pyrrole nitrogens is 1. The molecule has 0 aliphatic heterocycles. The van der Waals surface area contributed by atoms with Crippen LogP contribution in [0.4, 0.5) is 13.2 Å². The monoisotopic (exact) mass is 333 g/mol. The Bertz CT molecular complexity index is 954. The van der Waals surface area contributed by atoms with Gasteiger partial charge in [0.1, 0.15) is 5.75 Å². The lowest BCUT2D eigenvalue weighted by Gasteiger charge is -2.09. The van der Waals surface area contributed by atoms with Gasteiger partial charge in [0.15, 0.2) is 0 Å². The fourth-order valence-corrected chi connectivity index (χ4v) is 2.25. The predicted octanol–water partition coefficient (Wildman–Crippen LogP) is 3.77. The molecule has 0 radical (unpaired) electrons. The fraction of sp³-hybridized carbons (Fsp3) is 0.0588. The van der Waals surface area contributed by atoms with E-state index in [1.54, 1.807) is 18.2 Å². The molecule has 0 atom stereocenters. The van der Waals surface area contributed by atoms with Crippen molar-refractivity contribution in [3.8, 4) is 5.75 Å². The molecule has 0 saturated carbocycles. The highest BCUT2D eigenvalue weighted by molar-refractivity contribution is 5.95. The summed E-state index contributed by atoms with van der Waals surface area (Å²) < 4.78 is 42.8. The van der Waals surface area contributed by atoms with Crippen molar-refractivity contribution in [2.45, 2.75) is 6.18 Å². The van der Waals surface area contributed by atoms with Gasteiger partial charge >= 0.3 is 12.1 Å². The van der Waals surface area contributed by atoms with Crippen LogP contribution in [-0.2, 0) is 6.18 Å². The Morgan fingerprint density at radius 3 is 2.38 bits per heavy atom. The quantitative estimate of drug-likeness (QED) is 0.574. The zero-order valence-corrected chi connectivity index (χ0v) is 12.1. The molecule has 0 saturated heterocycles. The first-order valence-electron chi connectivity index (χ1n) is 6.86. The van der Waals surface area contributed by atoms with E-state index in [1.807, 2.05) is 0 Å². The summed E-state index contributed by atoms with van der Waals surface area (Å²) in [5.74, 6) is -0.807. The van der Waals surface area contributed by atoms with E-state index in [0.29, 0.717) is 5.39 Å². The molecule has 0 bridgehead atoms.